The number of nitrogens with zero attached hydrogens (tertiary/aromatic N) is 1. The lowest BCUT2D eigenvalue weighted by Gasteiger charge is -2.23. The van der Waals surface area contributed by atoms with Crippen LogP contribution < -0.4 is 0 Å². The van der Waals surface area contributed by atoms with Gasteiger partial charge in [-0.2, -0.15) is 0 Å². The highest BCUT2D eigenvalue weighted by molar-refractivity contribution is 6.32. The van der Waals surface area contributed by atoms with Gasteiger partial charge in [0, 0.05) is 27.3 Å². The topological polar surface area (TPSA) is 4.93 Å². The molecule has 1 aliphatic rings. The third-order valence-electron chi connectivity index (χ3n) is 9.55. The van der Waals surface area contributed by atoms with Crippen molar-refractivity contribution in [3.63, 3.8) is 0 Å². The minimum absolute atomic E-state index is 0.132. The molecule has 0 radical (unpaired) electrons. The van der Waals surface area contributed by atoms with Crippen molar-refractivity contribution < 1.29 is 0 Å². The van der Waals surface area contributed by atoms with E-state index < -0.39 is 0 Å². The van der Waals surface area contributed by atoms with E-state index in [0.717, 1.165) is 0 Å². The van der Waals surface area contributed by atoms with Crippen LogP contribution in [0.15, 0.2) is 140 Å². The van der Waals surface area contributed by atoms with Crippen LogP contribution in [0.4, 0.5) is 0 Å². The third kappa shape index (κ3) is 3.03. The zero-order valence-corrected chi connectivity index (χ0v) is 23.7. The van der Waals surface area contributed by atoms with E-state index in [-0.39, 0.29) is 5.41 Å². The van der Waals surface area contributed by atoms with E-state index in [1.54, 1.807) is 0 Å². The molecule has 0 saturated heterocycles. The van der Waals surface area contributed by atoms with Crippen molar-refractivity contribution in [3.05, 3.63) is 151 Å². The lowest BCUT2D eigenvalue weighted by molar-refractivity contribution is 0.664. The van der Waals surface area contributed by atoms with Crippen molar-refractivity contribution in [2.45, 2.75) is 19.3 Å². The van der Waals surface area contributed by atoms with Gasteiger partial charge in [0.15, 0.2) is 0 Å². The fourth-order valence-electron chi connectivity index (χ4n) is 7.71. The van der Waals surface area contributed by atoms with Crippen molar-refractivity contribution in [2.24, 2.45) is 0 Å². The monoisotopic (exact) mass is 535 g/mol. The van der Waals surface area contributed by atoms with Crippen molar-refractivity contribution in [1.29, 1.82) is 0 Å². The molecule has 0 spiro atoms. The van der Waals surface area contributed by atoms with Gasteiger partial charge in [-0.05, 0) is 61.7 Å². The van der Waals surface area contributed by atoms with Crippen LogP contribution in [0.5, 0.6) is 0 Å². The van der Waals surface area contributed by atoms with Crippen LogP contribution >= 0.6 is 0 Å². The van der Waals surface area contributed by atoms with E-state index >= 15 is 0 Å². The molecule has 1 aromatic heterocycles. The van der Waals surface area contributed by atoms with Gasteiger partial charge in [-0.1, -0.05) is 141 Å². The first-order valence-electron chi connectivity index (χ1n) is 14.8. The maximum absolute atomic E-state index is 2.57. The molecular weight excluding hydrogens is 506 g/mol. The van der Waals surface area contributed by atoms with Gasteiger partial charge in [0.2, 0.25) is 0 Å². The quantitative estimate of drug-likeness (QED) is 0.194. The minimum Gasteiger partial charge on any atom is -0.308 e. The molecule has 0 aliphatic heterocycles. The van der Waals surface area contributed by atoms with Crippen molar-refractivity contribution in [2.75, 3.05) is 0 Å². The van der Waals surface area contributed by atoms with Crippen LogP contribution in [-0.2, 0) is 5.41 Å². The van der Waals surface area contributed by atoms with E-state index in [2.05, 4.69) is 158 Å². The zero-order chi connectivity index (χ0) is 28.0. The Morgan fingerprint density at radius 3 is 1.79 bits per heavy atom. The fraction of sp³-hybridized carbons (Fsp3) is 0.0732. The first-order valence-corrected chi connectivity index (χ1v) is 14.8. The van der Waals surface area contributed by atoms with Gasteiger partial charge in [-0.15, -0.1) is 0 Å². The SMILES string of the molecule is CC1(C)c2ccccc2-c2ccc3c4c5ccccc5c5ccccc5c4n(-c4ccc(-c5ccccc5)cc4)c3c21. The zero-order valence-electron chi connectivity index (χ0n) is 23.7. The Labute approximate surface area is 245 Å². The second kappa shape index (κ2) is 8.44. The van der Waals surface area contributed by atoms with E-state index in [4.69, 9.17) is 0 Å². The molecule has 0 bridgehead atoms. The van der Waals surface area contributed by atoms with E-state index in [1.165, 1.54) is 82.4 Å². The number of fused-ring (bicyclic) bond motifs is 12. The van der Waals surface area contributed by atoms with Crippen molar-refractivity contribution in [3.8, 4) is 27.9 Å². The lowest BCUT2D eigenvalue weighted by atomic mass is 9.81. The summed E-state index contributed by atoms with van der Waals surface area (Å²) in [4.78, 5) is 0. The smallest absolute Gasteiger partial charge is 0.0626 e. The first-order chi connectivity index (χ1) is 20.6. The summed E-state index contributed by atoms with van der Waals surface area (Å²) in [6, 6.07) is 51.4. The molecule has 0 fully saturated rings. The predicted octanol–water partition coefficient (Wildman–Crippen LogP) is 11.1. The maximum Gasteiger partial charge on any atom is 0.0626 e. The standard InChI is InChI=1S/C41H29N/c1-41(2)36-19-11-10-16-31(36)33-24-25-35-37-32-17-8-6-14-29(32)30-15-7-9-18-34(30)39(37)42(40(35)38(33)41)28-22-20-27(21-23-28)26-12-4-3-5-13-26/h3-25H,1-2H3. The summed E-state index contributed by atoms with van der Waals surface area (Å²) in [6.45, 7) is 4.79. The van der Waals surface area contributed by atoms with Gasteiger partial charge >= 0.3 is 0 Å². The van der Waals surface area contributed by atoms with Gasteiger partial charge in [-0.25, -0.2) is 0 Å². The van der Waals surface area contributed by atoms with E-state index in [9.17, 15) is 0 Å². The average molecular weight is 536 g/mol. The van der Waals surface area contributed by atoms with Crippen LogP contribution in [0, 0.1) is 0 Å². The van der Waals surface area contributed by atoms with Crippen LogP contribution in [0.25, 0.3) is 71.3 Å². The maximum atomic E-state index is 2.57. The molecule has 9 rings (SSSR count). The molecule has 7 aromatic carbocycles. The molecule has 1 aliphatic carbocycles. The summed E-state index contributed by atoms with van der Waals surface area (Å²) < 4.78 is 2.57. The molecule has 0 saturated carbocycles. The molecule has 8 aromatic rings. The van der Waals surface area contributed by atoms with Gasteiger partial charge in [0.1, 0.15) is 0 Å². The Balaban J connectivity index is 1.49. The molecule has 0 amide bonds. The summed E-state index contributed by atoms with van der Waals surface area (Å²) in [5, 5.41) is 7.85. The second-order valence-corrected chi connectivity index (χ2v) is 12.1. The van der Waals surface area contributed by atoms with Gasteiger partial charge in [0.05, 0.1) is 11.0 Å². The number of hydrogen-bond acceptors (Lipinski definition) is 0. The van der Waals surface area contributed by atoms with Crippen LogP contribution in [0.1, 0.15) is 25.0 Å². The lowest BCUT2D eigenvalue weighted by Crippen LogP contribution is -2.16. The summed E-state index contributed by atoms with van der Waals surface area (Å²) in [5.74, 6) is 0. The summed E-state index contributed by atoms with van der Waals surface area (Å²) in [6.07, 6.45) is 0. The highest BCUT2D eigenvalue weighted by Gasteiger charge is 2.38. The van der Waals surface area contributed by atoms with Crippen molar-refractivity contribution in [1.82, 2.24) is 4.57 Å². The second-order valence-electron chi connectivity index (χ2n) is 12.1. The largest absolute Gasteiger partial charge is 0.308 e. The van der Waals surface area contributed by atoms with Crippen LogP contribution in [0.2, 0.25) is 0 Å². The molecule has 0 N–H and O–H groups in total. The Morgan fingerprint density at radius 2 is 1.02 bits per heavy atom. The molecule has 1 heterocycles. The average Bonchev–Trinajstić information content (AvgIpc) is 3.51. The Hall–Kier alpha value is -5.14. The van der Waals surface area contributed by atoms with Gasteiger partial charge in [-0.3, -0.25) is 0 Å². The van der Waals surface area contributed by atoms with Crippen LogP contribution in [-0.4, -0.2) is 4.57 Å². The Morgan fingerprint density at radius 1 is 0.429 bits per heavy atom. The summed E-state index contributed by atoms with van der Waals surface area (Å²) in [5.41, 5.74) is 11.6. The van der Waals surface area contributed by atoms with E-state index in [0.29, 0.717) is 0 Å². The van der Waals surface area contributed by atoms with Crippen molar-refractivity contribution >= 4 is 43.4 Å². The highest BCUT2D eigenvalue weighted by atomic mass is 15.0. The molecule has 0 unspecified atom stereocenters. The predicted molar refractivity (Wildman–Crippen MR) is 179 cm³/mol. The Kier molecular flexibility index (Phi) is 4.73. The van der Waals surface area contributed by atoms with E-state index in [1.807, 2.05) is 0 Å². The molecule has 0 atom stereocenters. The normalized spacial score (nSPS) is 13.7. The molecule has 1 nitrogen and oxygen atoms in total. The summed E-state index contributed by atoms with van der Waals surface area (Å²) >= 11 is 0. The molecule has 42 heavy (non-hydrogen) atoms. The first kappa shape index (κ1) is 23.6. The van der Waals surface area contributed by atoms with Gasteiger partial charge < -0.3 is 4.57 Å². The number of benzene rings is 7. The molecule has 198 valence electrons. The highest BCUT2D eigenvalue weighted by Crippen LogP contribution is 2.54. The molecule has 1 heteroatoms. The number of rotatable bonds is 2. The fourth-order valence-corrected chi connectivity index (χ4v) is 7.71. The Bertz CT molecular complexity index is 2350. The third-order valence-corrected chi connectivity index (χ3v) is 9.55. The van der Waals surface area contributed by atoms with Crippen LogP contribution in [0.3, 0.4) is 0 Å². The summed E-state index contributed by atoms with van der Waals surface area (Å²) in [7, 11) is 0. The molecular formula is C41H29N. The van der Waals surface area contributed by atoms with Gasteiger partial charge in [0.25, 0.3) is 0 Å². The number of aromatic nitrogens is 1. The minimum atomic E-state index is -0.132. The number of hydrogen-bond donors (Lipinski definition) is 0.